The van der Waals surface area contributed by atoms with Crippen LogP contribution in [0.1, 0.15) is 17.0 Å². The van der Waals surface area contributed by atoms with Crippen LogP contribution in [0.5, 0.6) is 5.75 Å². The SMILES string of the molecule is Cc1nn(C)c(COc2ccc(C#N)cc2N)c1Br. The van der Waals surface area contributed by atoms with Gasteiger partial charge in [-0.05, 0) is 41.1 Å². The van der Waals surface area contributed by atoms with Gasteiger partial charge in [-0.3, -0.25) is 4.68 Å². The molecular weight excluding hydrogens is 308 g/mol. The van der Waals surface area contributed by atoms with Crippen LogP contribution >= 0.6 is 15.9 Å². The highest BCUT2D eigenvalue weighted by molar-refractivity contribution is 9.10. The smallest absolute Gasteiger partial charge is 0.142 e. The van der Waals surface area contributed by atoms with Gasteiger partial charge in [-0.1, -0.05) is 0 Å². The van der Waals surface area contributed by atoms with Gasteiger partial charge in [-0.15, -0.1) is 0 Å². The Morgan fingerprint density at radius 3 is 2.79 bits per heavy atom. The standard InChI is InChI=1S/C13H13BrN4O/c1-8-13(14)11(18(2)17-8)7-19-12-4-3-9(6-15)5-10(12)16/h3-5H,7,16H2,1-2H3. The number of anilines is 1. The third-order valence-electron chi connectivity index (χ3n) is 2.76. The Kier molecular flexibility index (Phi) is 3.76. The van der Waals surface area contributed by atoms with E-state index in [0.29, 0.717) is 23.6 Å². The van der Waals surface area contributed by atoms with E-state index in [1.54, 1.807) is 22.9 Å². The second-order valence-corrected chi connectivity index (χ2v) is 4.92. The van der Waals surface area contributed by atoms with Crippen molar-refractivity contribution in [3.05, 3.63) is 39.6 Å². The van der Waals surface area contributed by atoms with Crippen LogP contribution in [0.15, 0.2) is 22.7 Å². The maximum Gasteiger partial charge on any atom is 0.142 e. The van der Waals surface area contributed by atoms with E-state index in [4.69, 9.17) is 15.7 Å². The predicted octanol–water partition coefficient (Wildman–Crippen LogP) is 2.52. The molecule has 0 amide bonds. The Morgan fingerprint density at radius 2 is 2.26 bits per heavy atom. The second kappa shape index (κ2) is 5.33. The van der Waals surface area contributed by atoms with E-state index in [-0.39, 0.29) is 0 Å². The zero-order valence-electron chi connectivity index (χ0n) is 10.6. The van der Waals surface area contributed by atoms with Crippen molar-refractivity contribution in [1.29, 1.82) is 5.26 Å². The highest BCUT2D eigenvalue weighted by atomic mass is 79.9. The van der Waals surface area contributed by atoms with Gasteiger partial charge in [0, 0.05) is 7.05 Å². The van der Waals surface area contributed by atoms with Gasteiger partial charge in [0.2, 0.25) is 0 Å². The van der Waals surface area contributed by atoms with Crippen LogP contribution in [0.2, 0.25) is 0 Å². The number of benzene rings is 1. The van der Waals surface area contributed by atoms with E-state index in [1.807, 2.05) is 20.0 Å². The Bertz CT molecular complexity index is 657. The first-order chi connectivity index (χ1) is 9.02. The van der Waals surface area contributed by atoms with Crippen molar-refractivity contribution in [2.75, 3.05) is 5.73 Å². The van der Waals surface area contributed by atoms with Crippen molar-refractivity contribution < 1.29 is 4.74 Å². The van der Waals surface area contributed by atoms with Crippen molar-refractivity contribution in [2.45, 2.75) is 13.5 Å². The normalized spacial score (nSPS) is 10.2. The van der Waals surface area contributed by atoms with Crippen LogP contribution in [0.25, 0.3) is 0 Å². The van der Waals surface area contributed by atoms with Crippen LogP contribution in [0, 0.1) is 18.3 Å². The molecule has 0 radical (unpaired) electrons. The van der Waals surface area contributed by atoms with Crippen LogP contribution < -0.4 is 10.5 Å². The van der Waals surface area contributed by atoms with E-state index in [1.165, 1.54) is 0 Å². The van der Waals surface area contributed by atoms with E-state index in [0.717, 1.165) is 15.9 Å². The van der Waals surface area contributed by atoms with Gasteiger partial charge < -0.3 is 10.5 Å². The molecule has 0 atom stereocenters. The third-order valence-corrected chi connectivity index (χ3v) is 3.80. The van der Waals surface area contributed by atoms with Crippen LogP contribution in [-0.2, 0) is 13.7 Å². The minimum atomic E-state index is 0.355. The number of halogens is 1. The summed E-state index contributed by atoms with van der Waals surface area (Å²) in [5.74, 6) is 0.560. The third kappa shape index (κ3) is 2.71. The number of aromatic nitrogens is 2. The second-order valence-electron chi connectivity index (χ2n) is 4.12. The van der Waals surface area contributed by atoms with Crippen molar-refractivity contribution in [3.63, 3.8) is 0 Å². The fourth-order valence-corrected chi connectivity index (χ4v) is 2.18. The number of hydrogen-bond acceptors (Lipinski definition) is 4. The van der Waals surface area contributed by atoms with Gasteiger partial charge >= 0.3 is 0 Å². The molecule has 1 heterocycles. The molecule has 0 aliphatic carbocycles. The lowest BCUT2D eigenvalue weighted by Gasteiger charge is -2.09. The minimum absolute atomic E-state index is 0.355. The molecule has 0 saturated heterocycles. The van der Waals surface area contributed by atoms with Gasteiger partial charge in [-0.2, -0.15) is 10.4 Å². The Hall–Kier alpha value is -2.00. The lowest BCUT2D eigenvalue weighted by molar-refractivity contribution is 0.295. The molecule has 1 aromatic heterocycles. The quantitative estimate of drug-likeness (QED) is 0.881. The zero-order valence-corrected chi connectivity index (χ0v) is 12.2. The maximum atomic E-state index is 8.77. The van der Waals surface area contributed by atoms with Gasteiger partial charge in [0.05, 0.1) is 33.2 Å². The fourth-order valence-electron chi connectivity index (χ4n) is 1.73. The molecule has 0 spiro atoms. The summed E-state index contributed by atoms with van der Waals surface area (Å²) in [4.78, 5) is 0. The summed E-state index contributed by atoms with van der Waals surface area (Å²) in [6.07, 6.45) is 0. The molecule has 0 unspecified atom stereocenters. The highest BCUT2D eigenvalue weighted by Crippen LogP contribution is 2.26. The van der Waals surface area contributed by atoms with E-state index >= 15 is 0 Å². The molecule has 1 aromatic carbocycles. The Morgan fingerprint density at radius 1 is 1.53 bits per heavy atom. The van der Waals surface area contributed by atoms with Crippen LogP contribution in [-0.4, -0.2) is 9.78 Å². The van der Waals surface area contributed by atoms with E-state index in [9.17, 15) is 0 Å². The average molecular weight is 321 g/mol. The molecule has 2 rings (SSSR count). The first-order valence-electron chi connectivity index (χ1n) is 5.63. The zero-order chi connectivity index (χ0) is 14.0. The number of nitriles is 1. The first-order valence-corrected chi connectivity index (χ1v) is 6.42. The van der Waals surface area contributed by atoms with E-state index < -0.39 is 0 Å². The number of rotatable bonds is 3. The molecule has 19 heavy (non-hydrogen) atoms. The minimum Gasteiger partial charge on any atom is -0.485 e. The topological polar surface area (TPSA) is 76.9 Å². The summed E-state index contributed by atoms with van der Waals surface area (Å²) >= 11 is 3.48. The summed E-state index contributed by atoms with van der Waals surface area (Å²) < 4.78 is 8.37. The summed E-state index contributed by atoms with van der Waals surface area (Å²) in [5, 5.41) is 13.1. The molecule has 0 aliphatic heterocycles. The van der Waals surface area contributed by atoms with Crippen LogP contribution in [0.4, 0.5) is 5.69 Å². The van der Waals surface area contributed by atoms with Gasteiger partial charge in [0.15, 0.2) is 0 Å². The molecule has 2 aromatic rings. The lowest BCUT2D eigenvalue weighted by Crippen LogP contribution is -2.05. The summed E-state index contributed by atoms with van der Waals surface area (Å²) in [7, 11) is 1.86. The lowest BCUT2D eigenvalue weighted by atomic mass is 10.2. The Labute approximate surface area is 119 Å². The Balaban J connectivity index is 2.17. The number of hydrogen-bond donors (Lipinski definition) is 1. The fraction of sp³-hybridized carbons (Fsp3) is 0.231. The largest absolute Gasteiger partial charge is 0.485 e. The highest BCUT2D eigenvalue weighted by Gasteiger charge is 2.12. The summed E-state index contributed by atoms with van der Waals surface area (Å²) in [6.45, 7) is 2.28. The molecule has 0 fully saturated rings. The number of nitrogens with zero attached hydrogens (tertiary/aromatic N) is 3. The van der Waals surface area contributed by atoms with Gasteiger partial charge in [-0.25, -0.2) is 0 Å². The van der Waals surface area contributed by atoms with Crippen LogP contribution in [0.3, 0.4) is 0 Å². The molecule has 5 nitrogen and oxygen atoms in total. The molecule has 0 saturated carbocycles. The number of ether oxygens (including phenoxy) is 1. The number of nitrogens with two attached hydrogens (primary N) is 1. The van der Waals surface area contributed by atoms with Crippen molar-refractivity contribution in [3.8, 4) is 11.8 Å². The van der Waals surface area contributed by atoms with Crippen molar-refractivity contribution in [1.82, 2.24) is 9.78 Å². The molecule has 2 N–H and O–H groups in total. The number of aryl methyl sites for hydroxylation is 2. The first kappa shape index (κ1) is 13.4. The molecular formula is C13H13BrN4O. The molecule has 0 bridgehead atoms. The van der Waals surface area contributed by atoms with Crippen molar-refractivity contribution >= 4 is 21.6 Å². The monoisotopic (exact) mass is 320 g/mol. The predicted molar refractivity (Wildman–Crippen MR) is 75.5 cm³/mol. The van der Waals surface area contributed by atoms with Gasteiger partial charge in [0.25, 0.3) is 0 Å². The molecule has 6 heteroatoms. The average Bonchev–Trinajstić information content (AvgIpc) is 2.62. The summed E-state index contributed by atoms with van der Waals surface area (Å²) in [5.41, 5.74) is 8.64. The van der Waals surface area contributed by atoms with Gasteiger partial charge in [0.1, 0.15) is 12.4 Å². The molecule has 0 aliphatic rings. The van der Waals surface area contributed by atoms with Crippen molar-refractivity contribution in [2.24, 2.45) is 7.05 Å². The number of nitrogen functional groups attached to an aromatic ring is 1. The summed E-state index contributed by atoms with van der Waals surface area (Å²) in [6, 6.07) is 7.00. The maximum absolute atomic E-state index is 8.77. The van der Waals surface area contributed by atoms with E-state index in [2.05, 4.69) is 21.0 Å². The molecule has 98 valence electrons.